The van der Waals surface area contributed by atoms with Crippen LogP contribution >= 0.6 is 0 Å². The zero-order valence-corrected chi connectivity index (χ0v) is 19.3. The summed E-state index contributed by atoms with van der Waals surface area (Å²) in [7, 11) is 1.31. The molecule has 2 aromatic rings. The number of esters is 1. The molecule has 32 heavy (non-hydrogen) atoms. The van der Waals surface area contributed by atoms with Crippen molar-refractivity contribution < 1.29 is 28.3 Å². The Morgan fingerprint density at radius 1 is 1.22 bits per heavy atom. The minimum Gasteiger partial charge on any atom is -0.465 e. The molecule has 1 N–H and O–H groups in total. The summed E-state index contributed by atoms with van der Waals surface area (Å²) in [5.74, 6) is 0.204. The maximum atomic E-state index is 12.8. The molecule has 3 rings (SSSR count). The molecule has 1 saturated heterocycles. The second-order valence-electron chi connectivity index (χ2n) is 8.86. The van der Waals surface area contributed by atoms with E-state index in [1.54, 1.807) is 24.0 Å². The van der Waals surface area contributed by atoms with Crippen LogP contribution in [0.25, 0.3) is 0 Å². The monoisotopic (exact) mass is 445 g/mol. The fraction of sp³-hybridized carbons (Fsp3) is 0.522. The lowest BCUT2D eigenvalue weighted by atomic mass is 10.0. The van der Waals surface area contributed by atoms with Gasteiger partial charge in [0.25, 0.3) is 5.91 Å². The molecular formula is C23H31N3O6. The van der Waals surface area contributed by atoms with E-state index in [9.17, 15) is 14.4 Å². The molecule has 0 atom stereocenters. The summed E-state index contributed by atoms with van der Waals surface area (Å²) >= 11 is 0. The second kappa shape index (κ2) is 9.50. The Morgan fingerprint density at radius 2 is 1.91 bits per heavy atom. The molecule has 3 heterocycles. The zero-order valence-electron chi connectivity index (χ0n) is 19.3. The highest BCUT2D eigenvalue weighted by atomic mass is 16.6. The maximum absolute atomic E-state index is 12.8. The zero-order chi connectivity index (χ0) is 23.5. The van der Waals surface area contributed by atoms with Gasteiger partial charge >= 0.3 is 12.1 Å². The first-order valence-corrected chi connectivity index (χ1v) is 10.7. The number of hydrogen-bond donors (Lipinski definition) is 1. The predicted molar refractivity (Wildman–Crippen MR) is 116 cm³/mol. The molecule has 0 spiro atoms. The molecule has 0 bridgehead atoms. The topological polar surface area (TPSA) is 103 Å². The van der Waals surface area contributed by atoms with Crippen LogP contribution in [0.4, 0.5) is 4.79 Å². The van der Waals surface area contributed by atoms with Gasteiger partial charge in [-0.1, -0.05) is 0 Å². The first-order chi connectivity index (χ1) is 15.1. The maximum Gasteiger partial charge on any atom is 0.410 e. The molecule has 174 valence electrons. The summed E-state index contributed by atoms with van der Waals surface area (Å²) in [5, 5.41) is 2.84. The molecule has 0 aliphatic carbocycles. The number of hydrogen-bond acceptors (Lipinski definition) is 6. The van der Waals surface area contributed by atoms with Crippen LogP contribution in [0.5, 0.6) is 0 Å². The first-order valence-electron chi connectivity index (χ1n) is 10.7. The normalized spacial score (nSPS) is 14.8. The van der Waals surface area contributed by atoms with Gasteiger partial charge < -0.3 is 28.7 Å². The molecule has 1 aliphatic rings. The van der Waals surface area contributed by atoms with Crippen LogP contribution in [-0.2, 0) is 16.0 Å². The highest BCUT2D eigenvalue weighted by Gasteiger charge is 2.28. The molecular weight excluding hydrogens is 414 g/mol. The molecule has 2 amide bonds. The van der Waals surface area contributed by atoms with Crippen molar-refractivity contribution in [2.75, 3.05) is 20.2 Å². The minimum absolute atomic E-state index is 0.112. The van der Waals surface area contributed by atoms with Gasteiger partial charge in [-0.05, 0) is 58.7 Å². The third kappa shape index (κ3) is 5.52. The number of ether oxygens (including phenoxy) is 2. The summed E-state index contributed by atoms with van der Waals surface area (Å²) in [5.41, 5.74) is 0.359. The fourth-order valence-corrected chi connectivity index (χ4v) is 3.76. The van der Waals surface area contributed by atoms with E-state index < -0.39 is 11.6 Å². The number of nitrogens with one attached hydrogen (secondary N) is 1. The van der Waals surface area contributed by atoms with E-state index in [1.165, 1.54) is 7.11 Å². The Morgan fingerprint density at radius 3 is 2.53 bits per heavy atom. The number of furan rings is 1. The second-order valence-corrected chi connectivity index (χ2v) is 8.86. The van der Waals surface area contributed by atoms with Crippen molar-refractivity contribution in [3.63, 3.8) is 0 Å². The van der Waals surface area contributed by atoms with Gasteiger partial charge in [-0.3, -0.25) is 4.79 Å². The van der Waals surface area contributed by atoms with Gasteiger partial charge in [-0.2, -0.15) is 0 Å². The number of carbonyl (C=O) groups is 3. The van der Waals surface area contributed by atoms with Crippen LogP contribution in [0.2, 0.25) is 0 Å². The van der Waals surface area contributed by atoms with E-state index in [2.05, 4.69) is 5.32 Å². The van der Waals surface area contributed by atoms with Crippen molar-refractivity contribution in [2.24, 2.45) is 0 Å². The van der Waals surface area contributed by atoms with Crippen molar-refractivity contribution in [2.45, 2.75) is 58.7 Å². The molecule has 0 aromatic carbocycles. The highest BCUT2D eigenvalue weighted by molar-refractivity contribution is 5.93. The van der Waals surface area contributed by atoms with E-state index in [1.807, 2.05) is 37.6 Å². The standard InChI is InChI=1S/C23H31N3O6/c1-15-18(21(28)30-5)13-17(31-15)14-24-20(27)19-7-6-10-26(19)16-8-11-25(12-9-16)22(29)32-23(2,3)4/h6-7,10,13,16H,8-9,11-12,14H2,1-5H3,(H,24,27). The molecule has 0 radical (unpaired) electrons. The summed E-state index contributed by atoms with van der Waals surface area (Å²) in [6.45, 7) is 8.51. The van der Waals surface area contributed by atoms with Crippen LogP contribution in [0.1, 0.15) is 72.0 Å². The van der Waals surface area contributed by atoms with Gasteiger partial charge in [-0.15, -0.1) is 0 Å². The van der Waals surface area contributed by atoms with Crippen LogP contribution in [0.3, 0.4) is 0 Å². The third-order valence-electron chi connectivity index (χ3n) is 5.32. The van der Waals surface area contributed by atoms with Crippen LogP contribution < -0.4 is 5.32 Å². The Balaban J connectivity index is 1.58. The number of aryl methyl sites for hydroxylation is 1. The minimum atomic E-state index is -0.524. The van der Waals surface area contributed by atoms with Gasteiger partial charge in [0.15, 0.2) is 0 Å². The van der Waals surface area contributed by atoms with Gasteiger partial charge in [0.05, 0.1) is 13.7 Å². The number of nitrogens with zero attached hydrogens (tertiary/aromatic N) is 2. The molecule has 1 aliphatic heterocycles. The smallest absolute Gasteiger partial charge is 0.410 e. The van der Waals surface area contributed by atoms with E-state index in [-0.39, 0.29) is 24.6 Å². The highest BCUT2D eigenvalue weighted by Crippen LogP contribution is 2.26. The number of methoxy groups -OCH3 is 1. The van der Waals surface area contributed by atoms with Gasteiger partial charge in [0.1, 0.15) is 28.4 Å². The van der Waals surface area contributed by atoms with E-state index in [0.29, 0.717) is 35.9 Å². The average molecular weight is 446 g/mol. The average Bonchev–Trinajstić information content (AvgIpc) is 3.37. The molecule has 0 saturated carbocycles. The quantitative estimate of drug-likeness (QED) is 0.705. The van der Waals surface area contributed by atoms with E-state index >= 15 is 0 Å². The first kappa shape index (κ1) is 23.4. The molecule has 2 aromatic heterocycles. The lowest BCUT2D eigenvalue weighted by Gasteiger charge is -2.34. The van der Waals surface area contributed by atoms with Crippen molar-refractivity contribution in [3.05, 3.63) is 47.2 Å². The van der Waals surface area contributed by atoms with Crippen molar-refractivity contribution >= 4 is 18.0 Å². The number of amides is 2. The van der Waals surface area contributed by atoms with Crippen LogP contribution in [0, 0.1) is 6.92 Å². The van der Waals surface area contributed by atoms with Gasteiger partial charge in [0.2, 0.25) is 0 Å². The van der Waals surface area contributed by atoms with Gasteiger partial charge in [0, 0.05) is 25.3 Å². The Bertz CT molecular complexity index is 976. The lowest BCUT2D eigenvalue weighted by molar-refractivity contribution is 0.0187. The molecule has 0 unspecified atom stereocenters. The SMILES string of the molecule is COC(=O)c1cc(CNC(=O)c2cccn2C2CCN(C(=O)OC(C)(C)C)CC2)oc1C. The fourth-order valence-electron chi connectivity index (χ4n) is 3.76. The predicted octanol–water partition coefficient (Wildman–Crippen LogP) is 3.68. The lowest BCUT2D eigenvalue weighted by Crippen LogP contribution is -2.42. The summed E-state index contributed by atoms with van der Waals surface area (Å²) in [6, 6.07) is 5.29. The number of aromatic nitrogens is 1. The largest absolute Gasteiger partial charge is 0.465 e. The number of rotatable bonds is 5. The van der Waals surface area contributed by atoms with E-state index in [0.717, 1.165) is 12.8 Å². The van der Waals surface area contributed by atoms with Crippen molar-refractivity contribution in [1.29, 1.82) is 0 Å². The molecule has 9 nitrogen and oxygen atoms in total. The Hall–Kier alpha value is -3.23. The number of carbonyl (C=O) groups excluding carboxylic acids is 3. The summed E-state index contributed by atoms with van der Waals surface area (Å²) < 4.78 is 17.7. The molecule has 9 heteroatoms. The van der Waals surface area contributed by atoms with Gasteiger partial charge in [-0.25, -0.2) is 9.59 Å². The summed E-state index contributed by atoms with van der Waals surface area (Å²) in [6.07, 6.45) is 3.04. The van der Waals surface area contributed by atoms with Crippen LogP contribution in [0.15, 0.2) is 28.8 Å². The van der Waals surface area contributed by atoms with Crippen molar-refractivity contribution in [3.8, 4) is 0 Å². The third-order valence-corrected chi connectivity index (χ3v) is 5.32. The number of likely N-dealkylation sites (tertiary alicyclic amines) is 1. The number of piperidine rings is 1. The Kier molecular flexibility index (Phi) is 6.96. The Labute approximate surface area is 187 Å². The van der Waals surface area contributed by atoms with Crippen LogP contribution in [-0.4, -0.2) is 53.2 Å². The molecule has 1 fully saturated rings. The van der Waals surface area contributed by atoms with Crippen molar-refractivity contribution in [1.82, 2.24) is 14.8 Å². The van der Waals surface area contributed by atoms with E-state index in [4.69, 9.17) is 13.9 Å². The summed E-state index contributed by atoms with van der Waals surface area (Å²) in [4.78, 5) is 38.5.